The fourth-order valence-electron chi connectivity index (χ4n) is 3.80. The summed E-state index contributed by atoms with van der Waals surface area (Å²) in [5, 5.41) is 4.17. The molecule has 10 heteroatoms. The zero-order valence-electron chi connectivity index (χ0n) is 20.6. The van der Waals surface area contributed by atoms with Gasteiger partial charge < -0.3 is 24.4 Å². The van der Waals surface area contributed by atoms with E-state index >= 15 is 0 Å². The van der Waals surface area contributed by atoms with Crippen molar-refractivity contribution in [3.63, 3.8) is 0 Å². The molecule has 1 N–H and O–H groups in total. The summed E-state index contributed by atoms with van der Waals surface area (Å²) in [6, 6.07) is 11.5. The zero-order valence-corrected chi connectivity index (χ0v) is 22.2. The van der Waals surface area contributed by atoms with Gasteiger partial charge in [0, 0.05) is 62.5 Å². The normalized spacial score (nSPS) is 13.8. The maximum atomic E-state index is 6.17. The number of halogens is 2. The number of likely N-dealkylation sites (N-methyl/N-ethyl adjacent to an activating group) is 1. The average molecular weight is 534 g/mol. The molecule has 1 aromatic heterocycles. The van der Waals surface area contributed by atoms with Gasteiger partial charge in [-0.3, -0.25) is 4.90 Å². The molecule has 0 amide bonds. The quantitative estimate of drug-likeness (QED) is 0.311. The van der Waals surface area contributed by atoms with Crippen LogP contribution in [0.1, 0.15) is 5.56 Å². The summed E-state index contributed by atoms with van der Waals surface area (Å²) < 4.78 is 17.3. The molecule has 0 spiro atoms. The van der Waals surface area contributed by atoms with Gasteiger partial charge in [-0.1, -0.05) is 12.0 Å². The van der Waals surface area contributed by atoms with Crippen molar-refractivity contribution in [2.45, 2.75) is 0 Å². The highest BCUT2D eigenvalue weighted by molar-refractivity contribution is 5.93. The number of anilines is 2. The van der Waals surface area contributed by atoms with Crippen LogP contribution in [0.4, 0.5) is 11.5 Å². The predicted octanol–water partition coefficient (Wildman–Crippen LogP) is 3.85. The number of rotatable bonds is 10. The molecule has 0 unspecified atom stereocenters. The fraction of sp³-hybridized carbons (Fsp3) is 0.385. The second kappa shape index (κ2) is 14.7. The smallest absolute Gasteiger partial charge is 0.163 e. The molecule has 1 saturated heterocycles. The molecule has 1 fully saturated rings. The van der Waals surface area contributed by atoms with Crippen LogP contribution in [-0.4, -0.2) is 86.5 Å². The molecule has 1 aliphatic rings. The number of methoxy groups -OCH3 is 1. The van der Waals surface area contributed by atoms with Crippen LogP contribution in [0.25, 0.3) is 10.9 Å². The second-order valence-electron chi connectivity index (χ2n) is 8.22. The molecule has 0 bridgehead atoms. The van der Waals surface area contributed by atoms with Gasteiger partial charge in [0.25, 0.3) is 0 Å². The molecular weight excluding hydrogens is 501 g/mol. The van der Waals surface area contributed by atoms with Gasteiger partial charge in [-0.15, -0.1) is 31.2 Å². The van der Waals surface area contributed by atoms with E-state index < -0.39 is 0 Å². The Morgan fingerprint density at radius 3 is 2.47 bits per heavy atom. The maximum absolute atomic E-state index is 6.17. The number of nitrogens with one attached hydrogen (secondary N) is 1. The lowest BCUT2D eigenvalue weighted by atomic mass is 10.2. The lowest BCUT2D eigenvalue weighted by molar-refractivity contribution is 0.128. The maximum Gasteiger partial charge on any atom is 0.163 e. The third kappa shape index (κ3) is 7.85. The van der Waals surface area contributed by atoms with E-state index in [4.69, 9.17) is 20.6 Å². The van der Waals surface area contributed by atoms with Gasteiger partial charge in [0.05, 0.1) is 12.1 Å². The van der Waals surface area contributed by atoms with Crippen LogP contribution in [0.3, 0.4) is 0 Å². The van der Waals surface area contributed by atoms with Crippen molar-refractivity contribution in [3.05, 3.63) is 48.3 Å². The van der Waals surface area contributed by atoms with Gasteiger partial charge in [-0.05, 0) is 31.3 Å². The van der Waals surface area contributed by atoms with Gasteiger partial charge in [0.2, 0.25) is 0 Å². The fourth-order valence-corrected chi connectivity index (χ4v) is 3.80. The van der Waals surface area contributed by atoms with E-state index in [1.165, 1.54) is 6.33 Å². The minimum Gasteiger partial charge on any atom is -0.488 e. The lowest BCUT2D eigenvalue weighted by Gasteiger charge is -2.32. The molecule has 0 saturated carbocycles. The summed E-state index contributed by atoms with van der Waals surface area (Å²) in [5.41, 5.74) is 2.41. The molecule has 0 radical (unpaired) electrons. The number of benzene rings is 2. The Kier molecular flexibility index (Phi) is 12.0. The summed E-state index contributed by atoms with van der Waals surface area (Å²) in [4.78, 5) is 13.7. The van der Waals surface area contributed by atoms with E-state index in [1.807, 2.05) is 36.4 Å². The molecule has 4 rings (SSSR count). The molecule has 8 nitrogen and oxygen atoms in total. The Balaban J connectivity index is 0.00000228. The van der Waals surface area contributed by atoms with Crippen molar-refractivity contribution in [2.24, 2.45) is 0 Å². The van der Waals surface area contributed by atoms with E-state index in [0.29, 0.717) is 37.1 Å². The van der Waals surface area contributed by atoms with Gasteiger partial charge >= 0.3 is 0 Å². The number of terminal acetylenes is 1. The summed E-state index contributed by atoms with van der Waals surface area (Å²) >= 11 is 0. The van der Waals surface area contributed by atoms with E-state index in [2.05, 4.69) is 38.1 Å². The number of hydrogen-bond acceptors (Lipinski definition) is 8. The molecule has 1 aliphatic heterocycles. The number of piperazine rings is 1. The van der Waals surface area contributed by atoms with E-state index in [-0.39, 0.29) is 24.8 Å². The number of hydrogen-bond donors (Lipinski definition) is 1. The van der Waals surface area contributed by atoms with Crippen molar-refractivity contribution in [2.75, 3.05) is 72.0 Å². The second-order valence-corrected chi connectivity index (χ2v) is 8.22. The van der Waals surface area contributed by atoms with Crippen molar-refractivity contribution < 1.29 is 14.2 Å². The predicted molar refractivity (Wildman–Crippen MR) is 148 cm³/mol. The van der Waals surface area contributed by atoms with Crippen LogP contribution in [0.5, 0.6) is 11.5 Å². The molecule has 2 aromatic carbocycles. The van der Waals surface area contributed by atoms with E-state index in [1.54, 1.807) is 7.11 Å². The number of fused-ring (bicyclic) bond motifs is 1. The summed E-state index contributed by atoms with van der Waals surface area (Å²) in [5.74, 6) is 4.62. The highest BCUT2D eigenvalue weighted by Crippen LogP contribution is 2.35. The number of ether oxygens (including phenoxy) is 3. The first-order valence-electron chi connectivity index (χ1n) is 11.4. The molecule has 0 atom stereocenters. The van der Waals surface area contributed by atoms with Gasteiger partial charge in [0.15, 0.2) is 11.5 Å². The highest BCUT2D eigenvalue weighted by atomic mass is 35.5. The third-order valence-electron chi connectivity index (χ3n) is 5.80. The molecule has 3 aromatic rings. The van der Waals surface area contributed by atoms with Crippen LogP contribution in [0.2, 0.25) is 0 Å². The largest absolute Gasteiger partial charge is 0.488 e. The highest BCUT2D eigenvalue weighted by Gasteiger charge is 2.16. The molecule has 194 valence electrons. The molecule has 0 aliphatic carbocycles. The Hall–Kier alpha value is -2.80. The van der Waals surface area contributed by atoms with Crippen molar-refractivity contribution in [3.8, 4) is 23.8 Å². The molecule has 2 heterocycles. The molecular formula is C26H33Cl2N5O3. The summed E-state index contributed by atoms with van der Waals surface area (Å²) in [7, 11) is 3.81. The molecule has 36 heavy (non-hydrogen) atoms. The summed E-state index contributed by atoms with van der Waals surface area (Å²) in [6.07, 6.45) is 7.08. The minimum atomic E-state index is 0. The van der Waals surface area contributed by atoms with Crippen LogP contribution in [-0.2, 0) is 4.74 Å². The zero-order chi connectivity index (χ0) is 23.8. The summed E-state index contributed by atoms with van der Waals surface area (Å²) in [6.45, 7) is 6.61. The van der Waals surface area contributed by atoms with E-state index in [9.17, 15) is 0 Å². The van der Waals surface area contributed by atoms with Crippen LogP contribution >= 0.6 is 24.8 Å². The van der Waals surface area contributed by atoms with Crippen LogP contribution in [0, 0.1) is 12.3 Å². The first kappa shape index (κ1) is 29.4. The van der Waals surface area contributed by atoms with E-state index in [0.717, 1.165) is 54.9 Å². The monoisotopic (exact) mass is 533 g/mol. The Labute approximate surface area is 225 Å². The number of aromatic nitrogens is 2. The van der Waals surface area contributed by atoms with Crippen LogP contribution < -0.4 is 14.8 Å². The lowest BCUT2D eigenvalue weighted by Crippen LogP contribution is -2.45. The van der Waals surface area contributed by atoms with Gasteiger partial charge in [-0.25, -0.2) is 9.97 Å². The van der Waals surface area contributed by atoms with Gasteiger partial charge in [-0.2, -0.15) is 0 Å². The van der Waals surface area contributed by atoms with Gasteiger partial charge in [0.1, 0.15) is 25.4 Å². The first-order chi connectivity index (χ1) is 16.7. The van der Waals surface area contributed by atoms with Crippen molar-refractivity contribution >= 4 is 47.2 Å². The van der Waals surface area contributed by atoms with Crippen molar-refractivity contribution in [1.82, 2.24) is 19.8 Å². The first-order valence-corrected chi connectivity index (χ1v) is 11.4. The third-order valence-corrected chi connectivity index (χ3v) is 5.80. The Morgan fingerprint density at radius 2 is 1.72 bits per heavy atom. The standard InChI is InChI=1S/C26H31N5O3.2ClH/c1-4-20-6-5-7-21(16-20)29-26-22-17-24(34-15-14-32-3)25(18-23(22)27-19-28-26)33-13-12-31-10-8-30(2)9-11-31;;/h1,5-7,16-19H,8-15H2,2-3H3,(H,27,28,29);2*1H. The SMILES string of the molecule is C#Cc1cccc(Nc2ncnc3cc(OCCN4CCN(C)CC4)c(OCCOC)cc23)c1.Cl.Cl. The Bertz CT molecular complexity index is 1150. The number of nitrogens with zero attached hydrogens (tertiary/aromatic N) is 4. The minimum absolute atomic E-state index is 0. The topological polar surface area (TPSA) is 72.0 Å². The Morgan fingerprint density at radius 1 is 0.972 bits per heavy atom. The van der Waals surface area contributed by atoms with Crippen molar-refractivity contribution in [1.29, 1.82) is 0 Å². The average Bonchev–Trinajstić information content (AvgIpc) is 2.86. The van der Waals surface area contributed by atoms with Crippen LogP contribution in [0.15, 0.2) is 42.7 Å².